The van der Waals surface area contributed by atoms with Crippen LogP contribution in [-0.4, -0.2) is 5.51 Å². The molecule has 0 nitrogen and oxygen atoms in total. The highest BCUT2D eigenvalue weighted by molar-refractivity contribution is 8.00. The van der Waals surface area contributed by atoms with Crippen LogP contribution < -0.4 is 0 Å². The maximum atomic E-state index is 13.3. The number of alkyl halides is 3. The monoisotopic (exact) mass is 251 g/mol. The number of rotatable bonds is 4. The van der Waals surface area contributed by atoms with Crippen LogP contribution in [0.3, 0.4) is 0 Å². The van der Waals surface area contributed by atoms with E-state index in [0.29, 0.717) is 18.4 Å². The lowest BCUT2D eigenvalue weighted by Gasteiger charge is -2.07. The topological polar surface area (TPSA) is 0 Å². The maximum absolute atomic E-state index is 13.3. The maximum Gasteiger partial charge on any atom is 0.446 e. The highest BCUT2D eigenvalue weighted by Gasteiger charge is 2.29. The fraction of sp³-hybridized carbons (Fsp3) is 0.364. The van der Waals surface area contributed by atoms with E-state index < -0.39 is 11.3 Å². The van der Waals surface area contributed by atoms with E-state index in [-0.39, 0.29) is 16.7 Å². The van der Waals surface area contributed by atoms with Crippen molar-refractivity contribution in [2.45, 2.75) is 29.7 Å². The third kappa shape index (κ3) is 4.43. The van der Waals surface area contributed by atoms with Crippen LogP contribution in [0.1, 0.15) is 18.4 Å². The van der Waals surface area contributed by atoms with Gasteiger partial charge < -0.3 is 0 Å². The molecule has 0 aliphatic rings. The van der Waals surface area contributed by atoms with Gasteiger partial charge in [-0.3, -0.25) is 0 Å². The largest absolute Gasteiger partial charge is 0.446 e. The van der Waals surface area contributed by atoms with Crippen molar-refractivity contribution in [1.29, 1.82) is 0 Å². The molecule has 0 aliphatic heterocycles. The van der Waals surface area contributed by atoms with Crippen molar-refractivity contribution in [1.82, 2.24) is 0 Å². The summed E-state index contributed by atoms with van der Waals surface area (Å²) in [5.74, 6) is -0.581. The van der Waals surface area contributed by atoms with Crippen LogP contribution in [0.5, 0.6) is 0 Å². The Hall–Kier alpha value is -0.710. The highest BCUT2D eigenvalue weighted by atomic mass is 32.2. The molecule has 0 N–H and O–H groups in total. The number of halogens is 4. The van der Waals surface area contributed by atoms with Gasteiger partial charge in [0.25, 0.3) is 0 Å². The summed E-state index contributed by atoms with van der Waals surface area (Å²) in [6.07, 6.45) is 1.91. The van der Waals surface area contributed by atoms with Crippen LogP contribution in [0.25, 0.3) is 0 Å². The second-order valence-corrected chi connectivity index (χ2v) is 4.40. The highest BCUT2D eigenvalue weighted by Crippen LogP contribution is 2.37. The average Bonchev–Trinajstić information content (AvgIpc) is 2.14. The number of aryl methyl sites for hydroxylation is 1. The molecule has 1 radical (unpaired) electrons. The molecule has 89 valence electrons. The normalized spacial score (nSPS) is 11.8. The summed E-state index contributed by atoms with van der Waals surface area (Å²) in [5, 5.41) is 0. The zero-order valence-corrected chi connectivity index (χ0v) is 9.30. The Morgan fingerprint density at radius 1 is 1.25 bits per heavy atom. The lowest BCUT2D eigenvalue weighted by atomic mass is 10.1. The van der Waals surface area contributed by atoms with Crippen molar-refractivity contribution in [3.8, 4) is 0 Å². The van der Waals surface area contributed by atoms with Crippen molar-refractivity contribution in [3.63, 3.8) is 0 Å². The van der Waals surface area contributed by atoms with E-state index in [2.05, 4.69) is 6.92 Å². The number of thioether (sulfide) groups is 1. The molecule has 0 fully saturated rings. The van der Waals surface area contributed by atoms with E-state index >= 15 is 0 Å². The van der Waals surface area contributed by atoms with Crippen molar-refractivity contribution >= 4 is 11.8 Å². The predicted molar refractivity (Wildman–Crippen MR) is 56.6 cm³/mol. The van der Waals surface area contributed by atoms with Crippen LogP contribution >= 0.6 is 11.8 Å². The summed E-state index contributed by atoms with van der Waals surface area (Å²) in [6.45, 7) is 3.62. The first-order chi connectivity index (χ1) is 7.42. The second kappa shape index (κ2) is 5.57. The van der Waals surface area contributed by atoms with E-state index in [1.807, 2.05) is 0 Å². The van der Waals surface area contributed by atoms with Gasteiger partial charge in [0.2, 0.25) is 0 Å². The zero-order valence-electron chi connectivity index (χ0n) is 8.48. The van der Waals surface area contributed by atoms with Crippen LogP contribution in [-0.2, 0) is 6.42 Å². The van der Waals surface area contributed by atoms with E-state index in [0.717, 1.165) is 12.5 Å². The summed E-state index contributed by atoms with van der Waals surface area (Å²) in [4.78, 5) is -0.122. The van der Waals surface area contributed by atoms with Crippen LogP contribution in [0.2, 0.25) is 0 Å². The van der Waals surface area contributed by atoms with Gasteiger partial charge in [-0.25, -0.2) is 4.39 Å². The quantitative estimate of drug-likeness (QED) is 0.557. The first kappa shape index (κ1) is 13.4. The predicted octanol–water partition coefficient (Wildman–Crippen LogP) is 4.59. The van der Waals surface area contributed by atoms with Crippen molar-refractivity contribution in [2.24, 2.45) is 0 Å². The van der Waals surface area contributed by atoms with Gasteiger partial charge >= 0.3 is 5.51 Å². The van der Waals surface area contributed by atoms with Crippen molar-refractivity contribution in [3.05, 3.63) is 36.5 Å². The van der Waals surface area contributed by atoms with Gasteiger partial charge in [-0.05, 0) is 42.3 Å². The molecule has 0 spiro atoms. The van der Waals surface area contributed by atoms with E-state index in [4.69, 9.17) is 0 Å². The molecule has 0 amide bonds. The van der Waals surface area contributed by atoms with Gasteiger partial charge in [-0.1, -0.05) is 19.4 Å². The molecule has 0 bridgehead atoms. The van der Waals surface area contributed by atoms with Crippen LogP contribution in [0.15, 0.2) is 23.1 Å². The summed E-state index contributed by atoms with van der Waals surface area (Å²) < 4.78 is 49.4. The minimum atomic E-state index is -4.37. The van der Waals surface area contributed by atoms with Crippen LogP contribution in [0.4, 0.5) is 17.6 Å². The Balaban J connectivity index is 2.74. The Kier molecular flexibility index (Phi) is 4.65. The molecule has 16 heavy (non-hydrogen) atoms. The molecule has 0 aliphatic carbocycles. The lowest BCUT2D eigenvalue weighted by Crippen LogP contribution is -2.00. The Bertz CT molecular complexity index is 346. The van der Waals surface area contributed by atoms with Gasteiger partial charge in [0.1, 0.15) is 5.82 Å². The molecule has 5 heteroatoms. The standard InChI is InChI=1S/C11H11F4S/c1-2-3-4-8-5-6-9(7-10(8)12)16-11(13,14)15/h5-7H,1-4H2. The van der Waals surface area contributed by atoms with E-state index in [9.17, 15) is 17.6 Å². The molecule has 0 saturated heterocycles. The molecule has 1 aromatic carbocycles. The average molecular weight is 251 g/mol. The summed E-state index contributed by atoms with van der Waals surface area (Å²) in [6, 6.07) is 3.62. The molecular weight excluding hydrogens is 240 g/mol. The molecule has 1 aromatic rings. The van der Waals surface area contributed by atoms with Gasteiger partial charge in [-0.15, -0.1) is 0 Å². The number of benzene rings is 1. The smallest absolute Gasteiger partial charge is 0.207 e. The summed E-state index contributed by atoms with van der Waals surface area (Å²) in [7, 11) is 0. The summed E-state index contributed by atoms with van der Waals surface area (Å²) in [5.41, 5.74) is -3.93. The molecule has 0 atom stereocenters. The van der Waals surface area contributed by atoms with E-state index in [1.54, 1.807) is 0 Å². The first-order valence-electron chi connectivity index (χ1n) is 4.76. The Morgan fingerprint density at radius 3 is 2.44 bits per heavy atom. The molecule has 0 unspecified atom stereocenters. The van der Waals surface area contributed by atoms with Gasteiger partial charge in [-0.2, -0.15) is 13.2 Å². The molecule has 1 rings (SSSR count). The lowest BCUT2D eigenvalue weighted by molar-refractivity contribution is -0.0328. The van der Waals surface area contributed by atoms with E-state index in [1.165, 1.54) is 12.1 Å². The zero-order chi connectivity index (χ0) is 12.2. The fourth-order valence-electron chi connectivity index (χ4n) is 1.24. The number of hydrogen-bond donors (Lipinski definition) is 0. The molecular formula is C11H11F4S. The van der Waals surface area contributed by atoms with Gasteiger partial charge in [0, 0.05) is 4.90 Å². The van der Waals surface area contributed by atoms with Crippen LogP contribution in [0, 0.1) is 12.7 Å². The fourth-order valence-corrected chi connectivity index (χ4v) is 1.81. The van der Waals surface area contributed by atoms with Gasteiger partial charge in [0.15, 0.2) is 0 Å². The molecule has 0 heterocycles. The first-order valence-corrected chi connectivity index (χ1v) is 5.57. The minimum Gasteiger partial charge on any atom is -0.207 e. The third-order valence-electron chi connectivity index (χ3n) is 1.95. The molecule has 0 saturated carbocycles. The number of unbranched alkanes of at least 4 members (excludes halogenated alkanes) is 1. The minimum absolute atomic E-state index is 0.122. The SMILES string of the molecule is [CH2]CCCc1ccc(SC(F)(F)F)cc1F. The second-order valence-electron chi connectivity index (χ2n) is 3.26. The van der Waals surface area contributed by atoms with Gasteiger partial charge in [0.05, 0.1) is 0 Å². The Morgan fingerprint density at radius 2 is 1.94 bits per heavy atom. The third-order valence-corrected chi connectivity index (χ3v) is 2.68. The number of hydrogen-bond acceptors (Lipinski definition) is 1. The van der Waals surface area contributed by atoms with Crippen molar-refractivity contribution in [2.75, 3.05) is 0 Å². The summed E-state index contributed by atoms with van der Waals surface area (Å²) >= 11 is -0.305. The van der Waals surface area contributed by atoms with Crippen molar-refractivity contribution < 1.29 is 17.6 Å². The Labute approximate surface area is 96.0 Å². The molecule has 0 aromatic heterocycles.